The van der Waals surface area contributed by atoms with E-state index in [0.717, 1.165) is 13.1 Å². The van der Waals surface area contributed by atoms with Crippen LogP contribution in [0.5, 0.6) is 0 Å². The van der Waals surface area contributed by atoms with Gasteiger partial charge in [0.2, 0.25) is 0 Å². The van der Waals surface area contributed by atoms with Crippen molar-refractivity contribution in [3.63, 3.8) is 0 Å². The molecule has 0 bridgehead atoms. The number of piperidine rings is 1. The molecule has 110 valence electrons. The molecule has 1 saturated heterocycles. The zero-order chi connectivity index (χ0) is 14.2. The molecule has 2 amide bonds. The van der Waals surface area contributed by atoms with Crippen LogP contribution in [-0.4, -0.2) is 53.3 Å². The van der Waals surface area contributed by atoms with Crippen LogP contribution >= 0.6 is 0 Å². The third-order valence-corrected chi connectivity index (χ3v) is 3.32. The van der Waals surface area contributed by atoms with E-state index >= 15 is 0 Å². The normalized spacial score (nSPS) is 17.4. The zero-order valence-corrected chi connectivity index (χ0v) is 11.6. The second-order valence-electron chi connectivity index (χ2n) is 5.07. The molecule has 2 rings (SSSR count). The quantitative estimate of drug-likeness (QED) is 0.752. The topological polar surface area (TPSA) is 77.5 Å². The number of urea groups is 1. The number of nitrogens with one attached hydrogen (secondary N) is 2. The number of β-amino-alcohol motifs (C(OH)–C–C–N with tert-alkyl or cyclic N) is 1. The number of rotatable bonds is 5. The first-order valence-electron chi connectivity index (χ1n) is 7.10. The van der Waals surface area contributed by atoms with Gasteiger partial charge in [-0.15, -0.1) is 0 Å². The third kappa shape index (κ3) is 5.14. The van der Waals surface area contributed by atoms with Gasteiger partial charge in [-0.1, -0.05) is 12.5 Å². The summed E-state index contributed by atoms with van der Waals surface area (Å²) in [6, 6.07) is 4.95. The number of nitrogens with zero attached hydrogens (tertiary/aromatic N) is 2. The van der Waals surface area contributed by atoms with Gasteiger partial charge in [-0.05, 0) is 38.1 Å². The van der Waals surface area contributed by atoms with Crippen LogP contribution in [0, 0.1) is 0 Å². The first-order chi connectivity index (χ1) is 9.74. The molecule has 3 N–H and O–H groups in total. The summed E-state index contributed by atoms with van der Waals surface area (Å²) in [5, 5.41) is 15.2. The molecule has 6 nitrogen and oxygen atoms in total. The van der Waals surface area contributed by atoms with Crippen LogP contribution in [0.25, 0.3) is 0 Å². The van der Waals surface area contributed by atoms with Gasteiger partial charge < -0.3 is 15.3 Å². The maximum atomic E-state index is 11.6. The molecule has 1 fully saturated rings. The smallest absolute Gasteiger partial charge is 0.320 e. The van der Waals surface area contributed by atoms with E-state index in [-0.39, 0.29) is 12.6 Å². The highest BCUT2D eigenvalue weighted by Gasteiger charge is 2.15. The van der Waals surface area contributed by atoms with Crippen molar-refractivity contribution in [3.8, 4) is 0 Å². The second-order valence-corrected chi connectivity index (χ2v) is 5.07. The highest BCUT2D eigenvalue weighted by Crippen LogP contribution is 2.08. The van der Waals surface area contributed by atoms with Crippen LogP contribution in [0.1, 0.15) is 19.3 Å². The van der Waals surface area contributed by atoms with E-state index in [9.17, 15) is 9.90 Å². The van der Waals surface area contributed by atoms with Gasteiger partial charge in [0.25, 0.3) is 0 Å². The summed E-state index contributed by atoms with van der Waals surface area (Å²) >= 11 is 0. The summed E-state index contributed by atoms with van der Waals surface area (Å²) < 4.78 is 0. The first kappa shape index (κ1) is 14.7. The molecule has 1 aromatic heterocycles. The summed E-state index contributed by atoms with van der Waals surface area (Å²) in [4.78, 5) is 17.9. The molecular weight excluding hydrogens is 256 g/mol. The molecule has 1 atom stereocenters. The lowest BCUT2D eigenvalue weighted by Gasteiger charge is -2.28. The number of likely N-dealkylation sites (tertiary alicyclic amines) is 1. The van der Waals surface area contributed by atoms with Crippen molar-refractivity contribution in [1.29, 1.82) is 0 Å². The second kappa shape index (κ2) is 7.81. The van der Waals surface area contributed by atoms with E-state index in [1.165, 1.54) is 19.3 Å². The number of amides is 2. The van der Waals surface area contributed by atoms with Gasteiger partial charge in [-0.3, -0.25) is 5.32 Å². The molecule has 0 aromatic carbocycles. The lowest BCUT2D eigenvalue weighted by molar-refractivity contribution is 0.102. The van der Waals surface area contributed by atoms with Crippen molar-refractivity contribution < 1.29 is 9.90 Å². The van der Waals surface area contributed by atoms with Crippen molar-refractivity contribution in [2.75, 3.05) is 31.5 Å². The Labute approximate surface area is 119 Å². The Kier molecular flexibility index (Phi) is 5.76. The summed E-state index contributed by atoms with van der Waals surface area (Å²) in [5.74, 6) is 0.496. The van der Waals surface area contributed by atoms with Crippen molar-refractivity contribution in [1.82, 2.24) is 15.2 Å². The molecule has 1 aliphatic rings. The minimum atomic E-state index is -0.539. The number of anilines is 1. The molecule has 6 heteroatoms. The zero-order valence-electron chi connectivity index (χ0n) is 11.6. The van der Waals surface area contributed by atoms with Crippen LogP contribution < -0.4 is 10.6 Å². The van der Waals surface area contributed by atoms with Gasteiger partial charge in [-0.2, -0.15) is 0 Å². The van der Waals surface area contributed by atoms with E-state index in [1.807, 2.05) is 0 Å². The summed E-state index contributed by atoms with van der Waals surface area (Å²) in [6.45, 7) is 2.94. The Bertz CT molecular complexity index is 407. The molecular formula is C14H22N4O2. The van der Waals surface area contributed by atoms with Crippen LogP contribution in [-0.2, 0) is 0 Å². The summed E-state index contributed by atoms with van der Waals surface area (Å²) in [7, 11) is 0. The van der Waals surface area contributed by atoms with E-state index in [1.54, 1.807) is 24.4 Å². The van der Waals surface area contributed by atoms with Gasteiger partial charge in [0.1, 0.15) is 5.82 Å². The lowest BCUT2D eigenvalue weighted by atomic mass is 10.1. The summed E-state index contributed by atoms with van der Waals surface area (Å²) in [5.41, 5.74) is 0. The maximum Gasteiger partial charge on any atom is 0.320 e. The van der Waals surface area contributed by atoms with Crippen molar-refractivity contribution >= 4 is 11.8 Å². The molecule has 0 spiro atoms. The molecule has 0 saturated carbocycles. The fourth-order valence-electron chi connectivity index (χ4n) is 2.31. The minimum Gasteiger partial charge on any atom is -0.390 e. The molecule has 20 heavy (non-hydrogen) atoms. The molecule has 1 aliphatic heterocycles. The summed E-state index contributed by atoms with van der Waals surface area (Å²) in [6.07, 6.45) is 4.74. The number of carbonyl (C=O) groups is 1. The predicted octanol–water partition coefficient (Wildman–Crippen LogP) is 1.05. The highest BCUT2D eigenvalue weighted by molar-refractivity contribution is 5.88. The van der Waals surface area contributed by atoms with Gasteiger partial charge in [0.05, 0.1) is 6.10 Å². The van der Waals surface area contributed by atoms with E-state index in [2.05, 4.69) is 20.5 Å². The van der Waals surface area contributed by atoms with Crippen LogP contribution in [0.15, 0.2) is 24.4 Å². The number of aliphatic hydroxyl groups is 1. The Morgan fingerprint density at radius 3 is 2.85 bits per heavy atom. The van der Waals surface area contributed by atoms with Crippen molar-refractivity contribution in [3.05, 3.63) is 24.4 Å². The first-order valence-corrected chi connectivity index (χ1v) is 7.10. The number of pyridine rings is 1. The van der Waals surface area contributed by atoms with E-state index < -0.39 is 6.10 Å². The Balaban J connectivity index is 1.64. The fourth-order valence-corrected chi connectivity index (χ4v) is 2.31. The Hall–Kier alpha value is -1.66. The monoisotopic (exact) mass is 278 g/mol. The van der Waals surface area contributed by atoms with Gasteiger partial charge in [-0.25, -0.2) is 9.78 Å². The number of hydrogen-bond acceptors (Lipinski definition) is 4. The van der Waals surface area contributed by atoms with Gasteiger partial charge in [0, 0.05) is 19.3 Å². The molecule has 0 aliphatic carbocycles. The number of aliphatic hydroxyl groups excluding tert-OH is 1. The van der Waals surface area contributed by atoms with Crippen LogP contribution in [0.3, 0.4) is 0 Å². The average Bonchev–Trinajstić information content (AvgIpc) is 2.47. The van der Waals surface area contributed by atoms with E-state index in [0.29, 0.717) is 12.4 Å². The SMILES string of the molecule is O=C(NC[C@@H](O)CN1CCCCC1)Nc1ccccn1. The van der Waals surface area contributed by atoms with Crippen LogP contribution in [0.4, 0.5) is 10.6 Å². The maximum absolute atomic E-state index is 11.6. The third-order valence-electron chi connectivity index (χ3n) is 3.32. The molecule has 2 heterocycles. The predicted molar refractivity (Wildman–Crippen MR) is 77.6 cm³/mol. The minimum absolute atomic E-state index is 0.245. The fraction of sp³-hybridized carbons (Fsp3) is 0.571. The van der Waals surface area contributed by atoms with Crippen molar-refractivity contribution in [2.24, 2.45) is 0 Å². The largest absolute Gasteiger partial charge is 0.390 e. The molecule has 0 unspecified atom stereocenters. The van der Waals surface area contributed by atoms with Crippen molar-refractivity contribution in [2.45, 2.75) is 25.4 Å². The highest BCUT2D eigenvalue weighted by atomic mass is 16.3. The number of carbonyl (C=O) groups excluding carboxylic acids is 1. The lowest BCUT2D eigenvalue weighted by Crippen LogP contribution is -2.43. The van der Waals surface area contributed by atoms with Crippen LogP contribution in [0.2, 0.25) is 0 Å². The Morgan fingerprint density at radius 1 is 1.35 bits per heavy atom. The number of hydrogen-bond donors (Lipinski definition) is 3. The van der Waals surface area contributed by atoms with E-state index in [4.69, 9.17) is 0 Å². The average molecular weight is 278 g/mol. The number of aromatic nitrogens is 1. The Morgan fingerprint density at radius 2 is 2.15 bits per heavy atom. The standard InChI is InChI=1S/C14H22N4O2/c19-12(11-18-8-4-1-5-9-18)10-16-14(20)17-13-6-2-3-7-15-13/h2-3,6-7,12,19H,1,4-5,8-11H2,(H2,15,16,17,20)/t12-/m1/s1. The molecule has 0 radical (unpaired) electrons. The molecule has 1 aromatic rings. The van der Waals surface area contributed by atoms with Gasteiger partial charge >= 0.3 is 6.03 Å². The van der Waals surface area contributed by atoms with Gasteiger partial charge in [0.15, 0.2) is 0 Å².